The fourth-order valence-electron chi connectivity index (χ4n) is 3.71. The van der Waals surface area contributed by atoms with Crippen molar-refractivity contribution in [2.75, 3.05) is 13.1 Å². The molecule has 2 atom stereocenters. The third kappa shape index (κ3) is 2.31. The minimum Gasteiger partial charge on any atom is -0.399 e. The predicted octanol–water partition coefficient (Wildman–Crippen LogP) is 2.02. The lowest BCUT2D eigenvalue weighted by Gasteiger charge is -2.44. The van der Waals surface area contributed by atoms with Crippen LogP contribution in [0.2, 0.25) is 0 Å². The first-order valence-electron chi connectivity index (χ1n) is 7.72. The third-order valence-corrected chi connectivity index (χ3v) is 5.91. The number of nitriles is 3. The molecule has 0 unspecified atom stereocenters. The molecule has 2 aliphatic rings. The summed E-state index contributed by atoms with van der Waals surface area (Å²) in [6.07, 6.45) is 1.82. The van der Waals surface area contributed by atoms with E-state index < -0.39 is 11.3 Å². The predicted molar refractivity (Wildman–Crippen MR) is 91.4 cm³/mol. The van der Waals surface area contributed by atoms with Gasteiger partial charge in [-0.25, -0.2) is 0 Å². The van der Waals surface area contributed by atoms with Gasteiger partial charge in [0.15, 0.2) is 5.41 Å². The Morgan fingerprint density at radius 2 is 2.12 bits per heavy atom. The van der Waals surface area contributed by atoms with Gasteiger partial charge >= 0.3 is 0 Å². The molecule has 3 rings (SSSR count). The number of hydrogen-bond acceptors (Lipinski definition) is 6. The van der Waals surface area contributed by atoms with Crippen LogP contribution >= 0.6 is 11.3 Å². The molecule has 0 saturated carbocycles. The van der Waals surface area contributed by atoms with E-state index in [1.54, 1.807) is 4.90 Å². The van der Waals surface area contributed by atoms with Crippen molar-refractivity contribution in [3.8, 4) is 18.2 Å². The molecule has 2 heterocycles. The summed E-state index contributed by atoms with van der Waals surface area (Å²) in [7, 11) is 0. The van der Waals surface area contributed by atoms with Gasteiger partial charge in [-0.1, -0.05) is 12.1 Å². The Morgan fingerprint density at radius 1 is 1.40 bits per heavy atom. The van der Waals surface area contributed by atoms with Crippen molar-refractivity contribution in [1.82, 2.24) is 4.90 Å². The third-order valence-electron chi connectivity index (χ3n) is 4.96. The van der Waals surface area contributed by atoms with E-state index in [0.29, 0.717) is 13.1 Å². The van der Waals surface area contributed by atoms with E-state index in [1.807, 2.05) is 23.6 Å². The molecule has 0 spiro atoms. The minimum absolute atomic E-state index is 0.0113. The van der Waals surface area contributed by atoms with Gasteiger partial charge in [-0.15, -0.1) is 11.3 Å². The maximum Gasteiger partial charge on any atom is 0.219 e. The first-order chi connectivity index (χ1) is 12.0. The van der Waals surface area contributed by atoms with Gasteiger partial charge in [0.2, 0.25) is 5.91 Å². The summed E-state index contributed by atoms with van der Waals surface area (Å²) in [5.74, 6) is -0.925. The number of carbonyl (C=O) groups is 1. The van der Waals surface area contributed by atoms with Crippen molar-refractivity contribution in [2.45, 2.75) is 12.8 Å². The Morgan fingerprint density at radius 3 is 2.64 bits per heavy atom. The first kappa shape index (κ1) is 16.8. The fraction of sp³-hybridized carbons (Fsp3) is 0.333. The molecule has 0 bridgehead atoms. The van der Waals surface area contributed by atoms with Gasteiger partial charge < -0.3 is 10.6 Å². The Bertz CT molecular complexity index is 893. The Balaban J connectivity index is 2.29. The highest BCUT2D eigenvalue weighted by atomic mass is 32.1. The molecule has 6 nitrogen and oxygen atoms in total. The second-order valence-corrected chi connectivity index (χ2v) is 7.09. The maximum absolute atomic E-state index is 11.8. The number of rotatable bonds is 1. The van der Waals surface area contributed by atoms with E-state index in [4.69, 9.17) is 5.73 Å². The van der Waals surface area contributed by atoms with Crippen LogP contribution in [0.5, 0.6) is 0 Å². The fourth-order valence-corrected chi connectivity index (χ4v) is 4.67. The summed E-state index contributed by atoms with van der Waals surface area (Å²) in [6.45, 7) is 2.23. The smallest absolute Gasteiger partial charge is 0.219 e. The first-order valence-corrected chi connectivity index (χ1v) is 8.60. The molecule has 25 heavy (non-hydrogen) atoms. The number of nitrogens with zero attached hydrogens (tertiary/aromatic N) is 4. The zero-order valence-electron chi connectivity index (χ0n) is 13.6. The molecule has 1 amide bonds. The average Bonchev–Trinajstić information content (AvgIpc) is 3.14. The number of hydrogen-bond donors (Lipinski definition) is 1. The molecular weight excluding hydrogens is 334 g/mol. The largest absolute Gasteiger partial charge is 0.399 e. The standard InChI is InChI=1S/C18H15N5OS/c1-11(24)23-5-4-12-13(7-19)17(22)18(9-20,10-21)16(14(12)8-23)15-3-2-6-25-15/h2-4,6,14,16H,5,8,22H2,1H3/t14-,16+/m1/s1. The lowest BCUT2D eigenvalue weighted by atomic mass is 9.59. The van der Waals surface area contributed by atoms with Crippen LogP contribution in [0.25, 0.3) is 0 Å². The molecule has 1 aromatic rings. The van der Waals surface area contributed by atoms with Crippen LogP contribution in [0.4, 0.5) is 0 Å². The van der Waals surface area contributed by atoms with Crippen LogP contribution in [0.1, 0.15) is 17.7 Å². The summed E-state index contributed by atoms with van der Waals surface area (Å²) in [4.78, 5) is 14.4. The van der Waals surface area contributed by atoms with Crippen molar-refractivity contribution >= 4 is 17.2 Å². The Hall–Kier alpha value is -3.08. The number of allylic oxidation sites excluding steroid dienone is 2. The highest BCUT2D eigenvalue weighted by molar-refractivity contribution is 7.10. The van der Waals surface area contributed by atoms with E-state index in [-0.39, 0.29) is 23.1 Å². The van der Waals surface area contributed by atoms with E-state index in [2.05, 4.69) is 18.2 Å². The van der Waals surface area contributed by atoms with Gasteiger partial charge in [0.05, 0.1) is 23.4 Å². The number of amides is 1. The second kappa shape index (κ2) is 6.09. The molecule has 1 aromatic heterocycles. The lowest BCUT2D eigenvalue weighted by Crippen LogP contribution is -2.48. The highest BCUT2D eigenvalue weighted by Crippen LogP contribution is 2.54. The molecule has 0 radical (unpaired) electrons. The summed E-state index contributed by atoms with van der Waals surface area (Å²) >= 11 is 1.44. The SMILES string of the molecule is CC(=O)N1CC=C2C(C#N)=C(N)C(C#N)(C#N)[C@H](c3cccs3)[C@@H]2C1. The van der Waals surface area contributed by atoms with Gasteiger partial charge in [-0.3, -0.25) is 4.79 Å². The van der Waals surface area contributed by atoms with Crippen LogP contribution in [0, 0.1) is 45.3 Å². The molecule has 2 N–H and O–H groups in total. The van der Waals surface area contributed by atoms with Gasteiger partial charge in [-0.05, 0) is 17.0 Å². The zero-order valence-corrected chi connectivity index (χ0v) is 14.4. The number of fused-ring (bicyclic) bond motifs is 1. The summed E-state index contributed by atoms with van der Waals surface area (Å²) < 4.78 is 0. The van der Waals surface area contributed by atoms with E-state index in [9.17, 15) is 20.6 Å². The lowest BCUT2D eigenvalue weighted by molar-refractivity contribution is -0.129. The summed E-state index contributed by atoms with van der Waals surface area (Å²) in [6, 6.07) is 9.95. The van der Waals surface area contributed by atoms with Crippen molar-refractivity contribution in [1.29, 1.82) is 15.8 Å². The van der Waals surface area contributed by atoms with E-state index in [0.717, 1.165) is 10.5 Å². The van der Waals surface area contributed by atoms with Crippen molar-refractivity contribution in [3.05, 3.63) is 45.3 Å². The Kier molecular flexibility index (Phi) is 4.08. The topological polar surface area (TPSA) is 118 Å². The van der Waals surface area contributed by atoms with E-state index >= 15 is 0 Å². The molecular formula is C18H15N5OS. The summed E-state index contributed by atoms with van der Waals surface area (Å²) in [5, 5.41) is 31.2. The molecule has 7 heteroatoms. The van der Waals surface area contributed by atoms with Crippen LogP contribution in [0.3, 0.4) is 0 Å². The zero-order chi connectivity index (χ0) is 18.2. The quantitative estimate of drug-likeness (QED) is 0.832. The summed E-state index contributed by atoms with van der Waals surface area (Å²) in [5.41, 5.74) is 5.50. The molecule has 0 fully saturated rings. The van der Waals surface area contributed by atoms with Crippen molar-refractivity contribution in [3.63, 3.8) is 0 Å². The van der Waals surface area contributed by atoms with Crippen LogP contribution < -0.4 is 5.73 Å². The molecule has 124 valence electrons. The van der Waals surface area contributed by atoms with Gasteiger partial charge in [0.25, 0.3) is 0 Å². The number of thiophene rings is 1. The van der Waals surface area contributed by atoms with Crippen LogP contribution in [-0.4, -0.2) is 23.9 Å². The van der Waals surface area contributed by atoms with Gasteiger partial charge in [0.1, 0.15) is 6.07 Å². The molecule has 1 aliphatic heterocycles. The van der Waals surface area contributed by atoms with Crippen LogP contribution in [-0.2, 0) is 4.79 Å². The Labute approximate surface area is 149 Å². The second-order valence-electron chi connectivity index (χ2n) is 6.12. The average molecular weight is 349 g/mol. The van der Waals surface area contributed by atoms with Crippen LogP contribution in [0.15, 0.2) is 40.4 Å². The van der Waals surface area contributed by atoms with Gasteiger partial charge in [0, 0.05) is 36.7 Å². The van der Waals surface area contributed by atoms with E-state index in [1.165, 1.54) is 18.3 Å². The van der Waals surface area contributed by atoms with Crippen molar-refractivity contribution in [2.24, 2.45) is 17.1 Å². The highest BCUT2D eigenvalue weighted by Gasteiger charge is 2.55. The molecule has 0 saturated heterocycles. The monoisotopic (exact) mass is 349 g/mol. The normalized spacial score (nSPS) is 24.4. The molecule has 0 aromatic carbocycles. The maximum atomic E-state index is 11.8. The number of carbonyl (C=O) groups excluding carboxylic acids is 1. The molecule has 1 aliphatic carbocycles. The van der Waals surface area contributed by atoms with Crippen molar-refractivity contribution < 1.29 is 4.79 Å². The van der Waals surface area contributed by atoms with Gasteiger partial charge in [-0.2, -0.15) is 15.8 Å². The number of nitrogens with two attached hydrogens (primary N) is 1. The minimum atomic E-state index is -1.63.